The summed E-state index contributed by atoms with van der Waals surface area (Å²) in [6.45, 7) is 8.78. The van der Waals surface area contributed by atoms with E-state index < -0.39 is 0 Å². The Labute approximate surface area is 244 Å². The average Bonchev–Trinajstić information content (AvgIpc) is 2.99. The second-order valence-electron chi connectivity index (χ2n) is 9.00. The van der Waals surface area contributed by atoms with Gasteiger partial charge in [-0.15, -0.1) is 0 Å². The number of ether oxygens (including phenoxy) is 6. The molecule has 0 aliphatic rings. The van der Waals surface area contributed by atoms with Crippen LogP contribution in [0.2, 0.25) is 0 Å². The number of carbonyl (C=O) groups excluding carboxylic acids is 2. The molecule has 224 valence electrons. The van der Waals surface area contributed by atoms with Gasteiger partial charge in [0.2, 0.25) is 0 Å². The molecular weight excluding hydrogens is 524 g/mol. The van der Waals surface area contributed by atoms with Crippen molar-refractivity contribution < 1.29 is 38.0 Å². The molecule has 0 amide bonds. The summed E-state index contributed by atoms with van der Waals surface area (Å²) in [6, 6.07) is 15.1. The molecule has 0 aliphatic heterocycles. The van der Waals surface area contributed by atoms with Crippen molar-refractivity contribution >= 4 is 24.1 Å². The number of rotatable bonds is 21. The maximum absolute atomic E-state index is 11.4. The van der Waals surface area contributed by atoms with Crippen molar-refractivity contribution in [3.63, 3.8) is 0 Å². The first-order valence-electron chi connectivity index (χ1n) is 14.4. The first-order valence-corrected chi connectivity index (χ1v) is 14.4. The van der Waals surface area contributed by atoms with Gasteiger partial charge in [0, 0.05) is 25.4 Å². The molecule has 0 saturated carbocycles. The lowest BCUT2D eigenvalue weighted by Crippen LogP contribution is -2.18. The van der Waals surface area contributed by atoms with E-state index in [-0.39, 0.29) is 18.2 Å². The van der Waals surface area contributed by atoms with Gasteiger partial charge in [0.05, 0.1) is 26.4 Å². The molecule has 0 N–H and O–H groups in total. The topological polar surface area (TPSA) is 89.5 Å². The zero-order valence-corrected chi connectivity index (χ0v) is 24.5. The number of esters is 2. The van der Waals surface area contributed by atoms with Crippen LogP contribution in [0.25, 0.3) is 12.2 Å². The normalized spacial score (nSPS) is 11.3. The molecule has 0 radical (unpaired) electrons. The molecule has 2 rings (SSSR count). The summed E-state index contributed by atoms with van der Waals surface area (Å²) in [6.07, 6.45) is 10.4. The number of unbranched alkanes of at least 4 members (excludes halogenated alkanes) is 2. The van der Waals surface area contributed by atoms with Crippen molar-refractivity contribution in [1.29, 1.82) is 0 Å². The Morgan fingerprint density at radius 2 is 1.00 bits per heavy atom. The summed E-state index contributed by atoms with van der Waals surface area (Å²) in [4.78, 5) is 22.8. The van der Waals surface area contributed by atoms with Crippen LogP contribution in [-0.2, 0) is 28.5 Å². The predicted octanol–water partition coefficient (Wildman–Crippen LogP) is 6.63. The number of hydrogen-bond donors (Lipinski definition) is 0. The molecule has 0 spiro atoms. The zero-order valence-electron chi connectivity index (χ0n) is 24.5. The second-order valence-corrected chi connectivity index (χ2v) is 9.00. The van der Waals surface area contributed by atoms with E-state index in [9.17, 15) is 9.59 Å². The van der Waals surface area contributed by atoms with E-state index in [4.69, 9.17) is 28.4 Å². The molecule has 0 bridgehead atoms. The van der Waals surface area contributed by atoms with Gasteiger partial charge in [-0.1, -0.05) is 31.2 Å². The van der Waals surface area contributed by atoms with E-state index >= 15 is 0 Å². The van der Waals surface area contributed by atoms with Gasteiger partial charge in [-0.3, -0.25) is 0 Å². The van der Waals surface area contributed by atoms with Crippen LogP contribution >= 0.6 is 0 Å². The zero-order chi connectivity index (χ0) is 29.5. The molecule has 2 aromatic rings. The standard InChI is InChI=1S/C33H44O8/c1-4-33(40-25-9-7-23-38-29-17-11-27(12-18-29)15-21-31(34)36-5-2)41-26-10-8-24-39-30-19-13-28(14-20-30)16-22-32(35)37-6-3/h11-22,33H,4-10,23-26H2,1-3H3/b21-15+,22-16+. The van der Waals surface area contributed by atoms with Gasteiger partial charge in [0.1, 0.15) is 11.5 Å². The van der Waals surface area contributed by atoms with Crippen LogP contribution in [0, 0.1) is 0 Å². The second kappa shape index (κ2) is 21.2. The molecule has 0 aromatic heterocycles. The van der Waals surface area contributed by atoms with Crippen molar-refractivity contribution in [2.24, 2.45) is 0 Å². The van der Waals surface area contributed by atoms with Gasteiger partial charge in [-0.2, -0.15) is 0 Å². The molecule has 0 saturated heterocycles. The largest absolute Gasteiger partial charge is 0.494 e. The van der Waals surface area contributed by atoms with Crippen LogP contribution in [0.3, 0.4) is 0 Å². The van der Waals surface area contributed by atoms with Crippen molar-refractivity contribution in [3.8, 4) is 11.5 Å². The molecule has 0 heterocycles. The van der Waals surface area contributed by atoms with Crippen LogP contribution < -0.4 is 9.47 Å². The Morgan fingerprint density at radius 3 is 1.37 bits per heavy atom. The van der Waals surface area contributed by atoms with Gasteiger partial charge >= 0.3 is 11.9 Å². The van der Waals surface area contributed by atoms with Gasteiger partial charge in [-0.05, 0) is 93.5 Å². The fourth-order valence-electron chi connectivity index (χ4n) is 3.56. The fraction of sp³-hybridized carbons (Fsp3) is 0.455. The summed E-state index contributed by atoms with van der Waals surface area (Å²) in [7, 11) is 0. The first-order chi connectivity index (χ1) is 20.0. The van der Waals surface area contributed by atoms with E-state index in [1.807, 2.05) is 55.5 Å². The maximum atomic E-state index is 11.4. The van der Waals surface area contributed by atoms with E-state index in [1.165, 1.54) is 12.2 Å². The summed E-state index contributed by atoms with van der Waals surface area (Å²) in [5.41, 5.74) is 1.81. The van der Waals surface area contributed by atoms with Gasteiger partial charge in [0.15, 0.2) is 6.29 Å². The van der Waals surface area contributed by atoms with Gasteiger partial charge in [0.25, 0.3) is 0 Å². The van der Waals surface area contributed by atoms with Crippen LogP contribution in [0.1, 0.15) is 64.0 Å². The van der Waals surface area contributed by atoms with Crippen LogP contribution in [0.4, 0.5) is 0 Å². The minimum absolute atomic E-state index is 0.206. The minimum Gasteiger partial charge on any atom is -0.494 e. The molecule has 0 unspecified atom stereocenters. The lowest BCUT2D eigenvalue weighted by molar-refractivity contribution is -0.145. The highest BCUT2D eigenvalue weighted by Crippen LogP contribution is 2.15. The third kappa shape index (κ3) is 15.7. The lowest BCUT2D eigenvalue weighted by Gasteiger charge is -2.17. The molecule has 41 heavy (non-hydrogen) atoms. The predicted molar refractivity (Wildman–Crippen MR) is 160 cm³/mol. The Kier molecular flexibility index (Phi) is 17.3. The van der Waals surface area contributed by atoms with Crippen LogP contribution in [-0.4, -0.2) is 57.9 Å². The maximum Gasteiger partial charge on any atom is 0.330 e. The van der Waals surface area contributed by atoms with E-state index in [0.717, 1.165) is 54.7 Å². The van der Waals surface area contributed by atoms with Crippen molar-refractivity contribution in [1.82, 2.24) is 0 Å². The Balaban J connectivity index is 1.50. The van der Waals surface area contributed by atoms with E-state index in [2.05, 4.69) is 0 Å². The fourth-order valence-corrected chi connectivity index (χ4v) is 3.56. The summed E-state index contributed by atoms with van der Waals surface area (Å²) >= 11 is 0. The van der Waals surface area contributed by atoms with Crippen molar-refractivity contribution in [3.05, 3.63) is 71.8 Å². The third-order valence-corrected chi connectivity index (χ3v) is 5.71. The quantitative estimate of drug-likeness (QED) is 0.0718. The van der Waals surface area contributed by atoms with Gasteiger partial charge in [-0.25, -0.2) is 9.59 Å². The Hall–Kier alpha value is -3.62. The van der Waals surface area contributed by atoms with Gasteiger partial charge < -0.3 is 28.4 Å². The lowest BCUT2D eigenvalue weighted by atomic mass is 10.2. The molecule has 0 atom stereocenters. The van der Waals surface area contributed by atoms with Crippen molar-refractivity contribution in [2.75, 3.05) is 39.6 Å². The van der Waals surface area contributed by atoms with Crippen LogP contribution in [0.15, 0.2) is 60.7 Å². The Bertz CT molecular complexity index is 960. The summed E-state index contributed by atoms with van der Waals surface area (Å²) in [5, 5.41) is 0. The average molecular weight is 569 g/mol. The molecule has 0 aliphatic carbocycles. The molecule has 8 nitrogen and oxygen atoms in total. The Morgan fingerprint density at radius 1 is 0.610 bits per heavy atom. The molecule has 8 heteroatoms. The number of carbonyl (C=O) groups is 2. The molecule has 0 fully saturated rings. The SMILES string of the molecule is CCOC(=O)/C=C/c1ccc(OCCCCOC(CC)OCCCCOc2ccc(/C=C/C(=O)OCC)cc2)cc1. The number of hydrogen-bond acceptors (Lipinski definition) is 8. The first kappa shape index (κ1) is 33.6. The molecular formula is C33H44O8. The van der Waals surface area contributed by atoms with E-state index in [1.54, 1.807) is 26.0 Å². The van der Waals surface area contributed by atoms with Crippen molar-refractivity contribution in [2.45, 2.75) is 59.2 Å². The summed E-state index contributed by atoms with van der Waals surface area (Å²) in [5.74, 6) is 0.883. The minimum atomic E-state index is -0.348. The monoisotopic (exact) mass is 568 g/mol. The number of benzene rings is 2. The highest BCUT2D eigenvalue weighted by atomic mass is 16.7. The highest BCUT2D eigenvalue weighted by molar-refractivity contribution is 5.87. The van der Waals surface area contributed by atoms with E-state index in [0.29, 0.717) is 39.6 Å². The summed E-state index contributed by atoms with van der Waals surface area (Å²) < 4.78 is 33.1. The smallest absolute Gasteiger partial charge is 0.330 e. The molecule has 2 aromatic carbocycles. The third-order valence-electron chi connectivity index (χ3n) is 5.71. The highest BCUT2D eigenvalue weighted by Gasteiger charge is 2.06. The van der Waals surface area contributed by atoms with Crippen LogP contribution in [0.5, 0.6) is 11.5 Å².